The van der Waals surface area contributed by atoms with Crippen LogP contribution in [0.2, 0.25) is 0 Å². The van der Waals surface area contributed by atoms with Crippen molar-refractivity contribution >= 4 is 5.97 Å². The molecule has 1 saturated heterocycles. The largest absolute Gasteiger partial charge is 0.480 e. The number of carboxylic acids is 1. The van der Waals surface area contributed by atoms with Crippen molar-refractivity contribution < 1.29 is 14.6 Å². The summed E-state index contributed by atoms with van der Waals surface area (Å²) in [5.41, 5.74) is 4.62. The van der Waals surface area contributed by atoms with E-state index in [9.17, 15) is 4.79 Å². The minimum atomic E-state index is -1.10. The molecule has 1 heterocycles. The highest BCUT2D eigenvalue weighted by Gasteiger charge is 2.27. The van der Waals surface area contributed by atoms with Crippen LogP contribution in [-0.2, 0) is 9.53 Å². The van der Waals surface area contributed by atoms with Gasteiger partial charge in [-0.15, -0.1) is 0 Å². The molecule has 1 rings (SSSR count). The van der Waals surface area contributed by atoms with Crippen molar-refractivity contribution in [1.82, 2.24) is 4.90 Å². The zero-order valence-corrected chi connectivity index (χ0v) is 11.5. The molecule has 18 heavy (non-hydrogen) atoms. The normalized spacial score (nSPS) is 24.7. The first kappa shape index (κ1) is 15.4. The van der Waals surface area contributed by atoms with Crippen molar-refractivity contribution in [2.75, 3.05) is 33.4 Å². The van der Waals surface area contributed by atoms with Gasteiger partial charge in [-0.05, 0) is 51.6 Å². The average molecular weight is 258 g/mol. The first-order valence-electron chi connectivity index (χ1n) is 6.69. The fraction of sp³-hybridized carbons (Fsp3) is 0.923. The third-order valence-electron chi connectivity index (χ3n) is 3.66. The number of nitrogens with zero attached hydrogens (tertiary/aromatic N) is 1. The van der Waals surface area contributed by atoms with Crippen molar-refractivity contribution in [1.29, 1.82) is 0 Å². The van der Waals surface area contributed by atoms with Gasteiger partial charge in [0.25, 0.3) is 0 Å². The Balaban J connectivity index is 2.25. The second kappa shape index (κ2) is 7.07. The van der Waals surface area contributed by atoms with Gasteiger partial charge in [0.05, 0.1) is 6.61 Å². The van der Waals surface area contributed by atoms with E-state index >= 15 is 0 Å². The maximum atomic E-state index is 10.9. The molecule has 0 amide bonds. The highest BCUT2D eigenvalue weighted by molar-refractivity contribution is 5.77. The lowest BCUT2D eigenvalue weighted by Gasteiger charge is -2.32. The molecule has 2 unspecified atom stereocenters. The van der Waals surface area contributed by atoms with Crippen molar-refractivity contribution in [3.8, 4) is 0 Å². The summed E-state index contributed by atoms with van der Waals surface area (Å²) in [5, 5.41) is 8.94. The fourth-order valence-electron chi connectivity index (χ4n) is 2.50. The van der Waals surface area contributed by atoms with Crippen LogP contribution >= 0.6 is 0 Å². The summed E-state index contributed by atoms with van der Waals surface area (Å²) in [7, 11) is 1.74. The van der Waals surface area contributed by atoms with Gasteiger partial charge in [0, 0.05) is 13.7 Å². The van der Waals surface area contributed by atoms with Crippen molar-refractivity contribution in [3.63, 3.8) is 0 Å². The van der Waals surface area contributed by atoms with Crippen molar-refractivity contribution in [2.24, 2.45) is 11.7 Å². The molecule has 5 nitrogen and oxygen atoms in total. The molecular formula is C13H26N2O3. The fourth-order valence-corrected chi connectivity index (χ4v) is 2.50. The number of hydrogen-bond acceptors (Lipinski definition) is 4. The lowest BCUT2D eigenvalue weighted by atomic mass is 9.95. The van der Waals surface area contributed by atoms with Crippen LogP contribution in [0.25, 0.3) is 0 Å². The second-order valence-corrected chi connectivity index (χ2v) is 5.59. The molecule has 1 fully saturated rings. The minimum Gasteiger partial charge on any atom is -0.480 e. The quantitative estimate of drug-likeness (QED) is 0.710. The molecule has 0 aliphatic carbocycles. The van der Waals surface area contributed by atoms with Gasteiger partial charge in [0.2, 0.25) is 0 Å². The Hall–Kier alpha value is -0.650. The van der Waals surface area contributed by atoms with Crippen LogP contribution in [0, 0.1) is 5.92 Å². The Morgan fingerprint density at radius 2 is 2.33 bits per heavy atom. The average Bonchev–Trinajstić information content (AvgIpc) is 2.29. The Kier molecular flexibility index (Phi) is 6.05. The smallest absolute Gasteiger partial charge is 0.323 e. The Labute approximate surface area is 109 Å². The van der Waals surface area contributed by atoms with Crippen LogP contribution in [-0.4, -0.2) is 54.9 Å². The molecule has 0 radical (unpaired) electrons. The molecule has 5 heteroatoms. The van der Waals surface area contributed by atoms with E-state index in [1.807, 2.05) is 0 Å². The summed E-state index contributed by atoms with van der Waals surface area (Å²) < 4.78 is 5.20. The zero-order chi connectivity index (χ0) is 13.6. The van der Waals surface area contributed by atoms with Gasteiger partial charge in [-0.3, -0.25) is 4.79 Å². The van der Waals surface area contributed by atoms with Gasteiger partial charge in [-0.25, -0.2) is 0 Å². The molecule has 0 aromatic heterocycles. The van der Waals surface area contributed by atoms with Crippen LogP contribution in [0.1, 0.15) is 32.6 Å². The van der Waals surface area contributed by atoms with E-state index in [2.05, 4.69) is 4.90 Å². The molecule has 106 valence electrons. The van der Waals surface area contributed by atoms with E-state index in [0.717, 1.165) is 32.7 Å². The molecule has 1 aliphatic rings. The predicted octanol–water partition coefficient (Wildman–Crippen LogP) is 0.927. The number of aliphatic carboxylic acids is 1. The van der Waals surface area contributed by atoms with E-state index in [0.29, 0.717) is 12.3 Å². The number of piperidine rings is 1. The zero-order valence-electron chi connectivity index (χ0n) is 11.5. The van der Waals surface area contributed by atoms with Crippen LogP contribution in [0.5, 0.6) is 0 Å². The molecule has 1 aliphatic heterocycles. The van der Waals surface area contributed by atoms with Crippen LogP contribution in [0.3, 0.4) is 0 Å². The summed E-state index contributed by atoms with van der Waals surface area (Å²) in [6.45, 7) is 5.50. The maximum absolute atomic E-state index is 10.9. The number of nitrogens with two attached hydrogens (primary N) is 1. The van der Waals surface area contributed by atoms with E-state index in [4.69, 9.17) is 15.6 Å². The number of ether oxygens (including phenoxy) is 1. The van der Waals surface area contributed by atoms with E-state index in [-0.39, 0.29) is 0 Å². The molecule has 0 aromatic rings. The summed E-state index contributed by atoms with van der Waals surface area (Å²) in [6, 6.07) is 0. The minimum absolute atomic E-state index is 0.522. The van der Waals surface area contributed by atoms with E-state index in [1.54, 1.807) is 14.0 Å². The lowest BCUT2D eigenvalue weighted by Crippen LogP contribution is -2.45. The number of carboxylic acid groups (broad SMARTS) is 1. The number of rotatable bonds is 7. The summed E-state index contributed by atoms with van der Waals surface area (Å²) >= 11 is 0. The van der Waals surface area contributed by atoms with Crippen molar-refractivity contribution in [3.05, 3.63) is 0 Å². The maximum Gasteiger partial charge on any atom is 0.323 e. The van der Waals surface area contributed by atoms with Crippen molar-refractivity contribution in [2.45, 2.75) is 38.1 Å². The first-order valence-corrected chi connectivity index (χ1v) is 6.69. The molecule has 0 spiro atoms. The number of hydrogen-bond donors (Lipinski definition) is 2. The van der Waals surface area contributed by atoms with Crippen LogP contribution in [0.4, 0.5) is 0 Å². The Morgan fingerprint density at radius 3 is 2.94 bits per heavy atom. The van der Waals surface area contributed by atoms with Gasteiger partial charge in [-0.2, -0.15) is 0 Å². The van der Waals surface area contributed by atoms with Crippen LogP contribution < -0.4 is 5.73 Å². The third kappa shape index (κ3) is 4.92. The van der Waals surface area contributed by atoms with Gasteiger partial charge < -0.3 is 20.5 Å². The summed E-state index contributed by atoms with van der Waals surface area (Å²) in [6.07, 6.45) is 3.79. The van der Waals surface area contributed by atoms with Gasteiger partial charge in [0.15, 0.2) is 0 Å². The topological polar surface area (TPSA) is 75.8 Å². The molecular weight excluding hydrogens is 232 g/mol. The Morgan fingerprint density at radius 1 is 1.61 bits per heavy atom. The van der Waals surface area contributed by atoms with Gasteiger partial charge in [0.1, 0.15) is 5.54 Å². The lowest BCUT2D eigenvalue weighted by molar-refractivity contribution is -0.143. The highest BCUT2D eigenvalue weighted by atomic mass is 16.5. The molecule has 0 bridgehead atoms. The standard InChI is InChI=1S/C13H26N2O3/c1-13(14,12(16)17)6-4-8-15-7-3-5-11(9-15)10-18-2/h11H,3-10,14H2,1-2H3,(H,16,17). The monoisotopic (exact) mass is 258 g/mol. The first-order chi connectivity index (χ1) is 8.45. The number of likely N-dealkylation sites (tertiary alicyclic amines) is 1. The highest BCUT2D eigenvalue weighted by Crippen LogP contribution is 2.18. The van der Waals surface area contributed by atoms with Gasteiger partial charge in [-0.1, -0.05) is 0 Å². The molecule has 0 aromatic carbocycles. The predicted molar refractivity (Wildman–Crippen MR) is 70.5 cm³/mol. The number of methoxy groups -OCH3 is 1. The van der Waals surface area contributed by atoms with Crippen LogP contribution in [0.15, 0.2) is 0 Å². The molecule has 2 atom stereocenters. The number of carbonyl (C=O) groups is 1. The van der Waals surface area contributed by atoms with Gasteiger partial charge >= 0.3 is 5.97 Å². The molecule has 0 saturated carbocycles. The third-order valence-corrected chi connectivity index (χ3v) is 3.66. The Bertz CT molecular complexity index is 267. The summed E-state index contributed by atoms with van der Waals surface area (Å²) in [5.74, 6) is -0.300. The second-order valence-electron chi connectivity index (χ2n) is 5.59. The SMILES string of the molecule is COCC1CCCN(CCCC(C)(N)C(=O)O)C1. The summed E-state index contributed by atoms with van der Waals surface area (Å²) in [4.78, 5) is 13.3. The van der Waals surface area contributed by atoms with E-state index < -0.39 is 11.5 Å². The van der Waals surface area contributed by atoms with E-state index in [1.165, 1.54) is 12.8 Å². The molecule has 3 N–H and O–H groups in total.